The monoisotopic (exact) mass is 660 g/mol. The molecule has 0 bridgehead atoms. The lowest BCUT2D eigenvalue weighted by Crippen LogP contribution is -1.94. The van der Waals surface area contributed by atoms with Crippen LogP contribution in [0.3, 0.4) is 0 Å². The second kappa shape index (κ2) is 12.6. The summed E-state index contributed by atoms with van der Waals surface area (Å²) in [5.74, 6) is 1.98. The minimum atomic E-state index is 0.791. The Kier molecular flexibility index (Phi) is 7.67. The van der Waals surface area contributed by atoms with Crippen LogP contribution >= 0.6 is 11.3 Å². The van der Waals surface area contributed by atoms with Gasteiger partial charge in [0.25, 0.3) is 0 Å². The van der Waals surface area contributed by atoms with E-state index in [4.69, 9.17) is 4.74 Å². The van der Waals surface area contributed by atoms with Crippen LogP contribution in [-0.2, 0) is 12.8 Å². The van der Waals surface area contributed by atoms with Crippen LogP contribution in [0.2, 0.25) is 0 Å². The van der Waals surface area contributed by atoms with Gasteiger partial charge >= 0.3 is 0 Å². The average molecular weight is 661 g/mol. The summed E-state index contributed by atoms with van der Waals surface area (Å²) in [6, 6.07) is 46.2. The fourth-order valence-corrected chi connectivity index (χ4v) is 8.80. The number of ether oxygens (including phenoxy) is 1. The lowest BCUT2D eigenvalue weighted by molar-refractivity contribution is 0.451. The van der Waals surface area contributed by atoms with E-state index in [1.807, 2.05) is 11.3 Å². The molecule has 2 heteroatoms. The van der Waals surface area contributed by atoms with Crippen LogP contribution < -0.4 is 4.74 Å². The maximum absolute atomic E-state index is 6.65. The van der Waals surface area contributed by atoms with E-state index in [-0.39, 0.29) is 0 Å². The molecule has 0 spiro atoms. The number of hydrogen-bond donors (Lipinski definition) is 0. The van der Waals surface area contributed by atoms with Crippen molar-refractivity contribution in [3.8, 4) is 5.75 Å². The molecule has 9 rings (SSSR count). The summed E-state index contributed by atoms with van der Waals surface area (Å²) < 4.78 is 9.30. The summed E-state index contributed by atoms with van der Waals surface area (Å²) >= 11 is 1.86. The zero-order valence-corrected chi connectivity index (χ0v) is 29.1. The first-order valence-corrected chi connectivity index (χ1v) is 18.2. The van der Waals surface area contributed by atoms with Crippen molar-refractivity contribution >= 4 is 75.0 Å². The van der Waals surface area contributed by atoms with Gasteiger partial charge in [0.15, 0.2) is 0 Å². The number of fused-ring (bicyclic) bond motifs is 8. The molecule has 1 aliphatic heterocycles. The van der Waals surface area contributed by atoms with Gasteiger partial charge in [-0.2, -0.15) is 0 Å². The van der Waals surface area contributed by atoms with E-state index in [1.165, 1.54) is 85.9 Å². The van der Waals surface area contributed by atoms with E-state index in [1.54, 1.807) is 0 Å². The van der Waals surface area contributed by atoms with Crippen LogP contribution in [-0.4, -0.2) is 0 Å². The van der Waals surface area contributed by atoms with E-state index >= 15 is 0 Å². The number of rotatable bonds is 6. The van der Waals surface area contributed by atoms with Crippen molar-refractivity contribution in [2.75, 3.05) is 0 Å². The molecule has 0 atom stereocenters. The zero-order valence-electron chi connectivity index (χ0n) is 28.2. The molecule has 0 aliphatic carbocycles. The van der Waals surface area contributed by atoms with Crippen molar-refractivity contribution in [3.05, 3.63) is 186 Å². The van der Waals surface area contributed by atoms with Crippen LogP contribution in [0.25, 0.3) is 63.6 Å². The number of thiophene rings is 1. The van der Waals surface area contributed by atoms with Gasteiger partial charge in [-0.3, -0.25) is 0 Å². The molecule has 0 fully saturated rings. The fourth-order valence-electron chi connectivity index (χ4n) is 7.66. The number of benzene rings is 7. The molecule has 0 saturated carbocycles. The van der Waals surface area contributed by atoms with E-state index in [0.29, 0.717) is 0 Å². The third kappa shape index (κ3) is 5.33. The van der Waals surface area contributed by atoms with Crippen LogP contribution in [0.5, 0.6) is 5.75 Å². The molecule has 0 N–H and O–H groups in total. The number of allylic oxidation sites excluding steroid dienone is 8. The first-order valence-electron chi connectivity index (χ1n) is 17.4. The second-order valence-corrected chi connectivity index (χ2v) is 14.4. The van der Waals surface area contributed by atoms with Crippen LogP contribution in [0, 0.1) is 0 Å². The summed E-state index contributed by atoms with van der Waals surface area (Å²) in [5, 5.41) is 10.1. The predicted molar refractivity (Wildman–Crippen MR) is 217 cm³/mol. The highest BCUT2D eigenvalue weighted by molar-refractivity contribution is 7.25. The second-order valence-electron chi connectivity index (χ2n) is 13.3. The van der Waals surface area contributed by atoms with E-state index in [0.717, 1.165) is 24.4 Å². The van der Waals surface area contributed by atoms with Crippen molar-refractivity contribution in [2.45, 2.75) is 26.7 Å². The molecular weight excluding hydrogens is 625 g/mol. The van der Waals surface area contributed by atoms with E-state index in [9.17, 15) is 0 Å². The highest BCUT2D eigenvalue weighted by Gasteiger charge is 2.21. The molecule has 50 heavy (non-hydrogen) atoms. The van der Waals surface area contributed by atoms with Gasteiger partial charge in [0.1, 0.15) is 11.5 Å². The molecular formula is C48H36OS. The molecule has 0 unspecified atom stereocenters. The van der Waals surface area contributed by atoms with Gasteiger partial charge in [-0.1, -0.05) is 133 Å². The molecule has 1 aromatic heterocycles. The normalized spacial score (nSPS) is 14.6. The Morgan fingerprint density at radius 3 is 1.92 bits per heavy atom. The van der Waals surface area contributed by atoms with Gasteiger partial charge in [0, 0.05) is 37.5 Å². The maximum Gasteiger partial charge on any atom is 0.138 e. The Bertz CT molecular complexity index is 2680. The summed E-state index contributed by atoms with van der Waals surface area (Å²) in [6.07, 6.45) is 12.8. The van der Waals surface area contributed by atoms with Gasteiger partial charge in [-0.15, -0.1) is 11.3 Å². The zero-order chi connectivity index (χ0) is 33.6. The molecule has 7 aromatic carbocycles. The van der Waals surface area contributed by atoms with Gasteiger partial charge in [0.05, 0.1) is 0 Å². The van der Waals surface area contributed by atoms with Crippen LogP contribution in [0.15, 0.2) is 164 Å². The summed E-state index contributed by atoms with van der Waals surface area (Å²) in [4.78, 5) is 0. The molecule has 2 heterocycles. The fraction of sp³-hybridized carbons (Fsp3) is 0.0833. The molecule has 0 amide bonds. The van der Waals surface area contributed by atoms with Gasteiger partial charge in [0.2, 0.25) is 0 Å². The Balaban J connectivity index is 1.08. The molecule has 0 radical (unpaired) electrons. The Morgan fingerprint density at radius 2 is 1.22 bits per heavy atom. The summed E-state index contributed by atoms with van der Waals surface area (Å²) in [6.45, 7) is 4.47. The van der Waals surface area contributed by atoms with E-state index < -0.39 is 0 Å². The van der Waals surface area contributed by atoms with Crippen molar-refractivity contribution in [3.63, 3.8) is 0 Å². The van der Waals surface area contributed by atoms with Crippen molar-refractivity contribution in [1.29, 1.82) is 0 Å². The number of hydrogen-bond acceptors (Lipinski definition) is 2. The molecule has 1 aliphatic rings. The van der Waals surface area contributed by atoms with Crippen LogP contribution in [0.4, 0.5) is 0 Å². The predicted octanol–water partition coefficient (Wildman–Crippen LogP) is 13.6. The largest absolute Gasteiger partial charge is 0.460 e. The lowest BCUT2D eigenvalue weighted by atomic mass is 9.86. The third-order valence-corrected chi connectivity index (χ3v) is 11.2. The third-order valence-electron chi connectivity index (χ3n) is 10.1. The van der Waals surface area contributed by atoms with Crippen LogP contribution in [0.1, 0.15) is 36.1 Å². The Labute approximate surface area is 296 Å². The van der Waals surface area contributed by atoms with Crippen molar-refractivity contribution in [2.24, 2.45) is 0 Å². The Morgan fingerprint density at radius 1 is 0.600 bits per heavy atom. The standard InChI is InChI=1S/C48H36OS/c1-31(14-6-7-17-33-15-4-3-5-16-33)46-38-19-8-10-21-40(38)47(41-22-11-9-20-39(41)46)32(2)24-27-36-28-35-26-25-34-29-45-43(30-42(34)48(35)49-36)37-18-12-13-23-44(37)50-45/h3-16,18-27,29-30H,17,28H2,1-2H3/b7-6-,31-14+,32-24+,36-27+. The highest BCUT2D eigenvalue weighted by Crippen LogP contribution is 2.44. The van der Waals surface area contributed by atoms with Gasteiger partial charge < -0.3 is 4.74 Å². The molecule has 240 valence electrons. The smallest absolute Gasteiger partial charge is 0.138 e. The average Bonchev–Trinajstić information content (AvgIpc) is 3.75. The quantitative estimate of drug-likeness (QED) is 0.127. The van der Waals surface area contributed by atoms with Crippen molar-refractivity contribution in [1.82, 2.24) is 0 Å². The lowest BCUT2D eigenvalue weighted by Gasteiger charge is -2.18. The first kappa shape index (κ1) is 30.4. The van der Waals surface area contributed by atoms with E-state index in [2.05, 4.69) is 172 Å². The highest BCUT2D eigenvalue weighted by atomic mass is 32.1. The molecule has 0 saturated heterocycles. The molecule has 1 nitrogen and oxygen atoms in total. The SMILES string of the molecule is C/C(=C\C=C/Cc1ccccc1)c1c2ccccc2c(/C(C)=C/C=C2\Cc3ccc4cc5sc6ccccc6c5cc4c3O2)c2ccccc12. The summed E-state index contributed by atoms with van der Waals surface area (Å²) in [5.41, 5.74) is 7.61. The topological polar surface area (TPSA) is 9.23 Å². The maximum atomic E-state index is 6.65. The minimum absolute atomic E-state index is 0.791. The van der Waals surface area contributed by atoms with Gasteiger partial charge in [-0.25, -0.2) is 0 Å². The molecule has 8 aromatic rings. The van der Waals surface area contributed by atoms with Crippen molar-refractivity contribution < 1.29 is 4.74 Å². The first-order chi connectivity index (χ1) is 24.6. The minimum Gasteiger partial charge on any atom is -0.460 e. The van der Waals surface area contributed by atoms with Gasteiger partial charge in [-0.05, 0) is 99.3 Å². The Hall–Kier alpha value is -5.70. The summed E-state index contributed by atoms with van der Waals surface area (Å²) in [7, 11) is 0.